The fourth-order valence-electron chi connectivity index (χ4n) is 0.588. The quantitative estimate of drug-likeness (QED) is 0.417. The molecule has 0 aromatic heterocycles. The lowest BCUT2D eigenvalue weighted by Crippen LogP contribution is -1.72. The molecule has 0 saturated heterocycles. The highest BCUT2D eigenvalue weighted by Crippen LogP contribution is 2.33. The number of rotatable bonds is 5. The molecular weight excluding hydrogens is 134 g/mol. The Morgan fingerprint density at radius 3 is 2.50 bits per heavy atom. The first-order valence-corrected chi connectivity index (χ1v) is 7.02. The summed E-state index contributed by atoms with van der Waals surface area (Å²) in [5.41, 5.74) is 0. The fourth-order valence-corrected chi connectivity index (χ4v) is 2.55. The van der Waals surface area contributed by atoms with Gasteiger partial charge in [-0.25, -0.2) is 0 Å². The second kappa shape index (κ2) is 7.86. The second-order valence-corrected chi connectivity index (χ2v) is 5.80. The average molecular weight is 150 g/mol. The average Bonchev–Trinajstić information content (AvgIpc) is 1.81. The third-order valence-corrected chi connectivity index (χ3v) is 3.85. The van der Waals surface area contributed by atoms with E-state index >= 15 is 0 Å². The molecule has 0 spiro atoms. The van der Waals surface area contributed by atoms with Gasteiger partial charge < -0.3 is 0 Å². The van der Waals surface area contributed by atoms with Gasteiger partial charge in [0.1, 0.15) is 0 Å². The zero-order valence-electron chi connectivity index (χ0n) is 5.83. The van der Waals surface area contributed by atoms with Crippen LogP contribution in [0.2, 0.25) is 0 Å². The van der Waals surface area contributed by atoms with Crippen molar-refractivity contribution in [3.63, 3.8) is 0 Å². The molecule has 0 amide bonds. The summed E-state index contributed by atoms with van der Waals surface area (Å²) in [5, 5.41) is 0. The lowest BCUT2D eigenvalue weighted by Gasteiger charge is -1.94. The Morgan fingerprint density at radius 1 is 1.25 bits per heavy atom. The van der Waals surface area contributed by atoms with Gasteiger partial charge in [0.2, 0.25) is 0 Å². The van der Waals surface area contributed by atoms with Crippen molar-refractivity contribution in [1.82, 2.24) is 0 Å². The van der Waals surface area contributed by atoms with Crippen molar-refractivity contribution < 1.29 is 0 Å². The predicted molar refractivity (Wildman–Crippen MR) is 46.9 cm³/mol. The van der Waals surface area contributed by atoms with Crippen molar-refractivity contribution in [2.45, 2.75) is 26.2 Å². The van der Waals surface area contributed by atoms with Gasteiger partial charge in [0.25, 0.3) is 0 Å². The molecule has 0 fully saturated rings. The van der Waals surface area contributed by atoms with E-state index < -0.39 is 0 Å². The zero-order chi connectivity index (χ0) is 6.24. The molecule has 0 N–H and O–H groups in total. The molecule has 0 saturated carbocycles. The Hall–Kier alpha value is 0.860. The second-order valence-electron chi connectivity index (χ2n) is 1.88. The molecule has 0 aliphatic rings. The van der Waals surface area contributed by atoms with E-state index in [0.29, 0.717) is 0 Å². The third kappa shape index (κ3) is 6.86. The van der Waals surface area contributed by atoms with E-state index in [-0.39, 0.29) is 0 Å². The van der Waals surface area contributed by atoms with Gasteiger partial charge in [0, 0.05) is 0 Å². The van der Waals surface area contributed by atoms with Crippen molar-refractivity contribution in [3.8, 4) is 0 Å². The molecule has 2 heteroatoms. The lowest BCUT2D eigenvalue weighted by atomic mass is 10.3. The Morgan fingerprint density at radius 2 is 2.00 bits per heavy atom. The Balaban J connectivity index is 2.53. The highest BCUT2D eigenvalue weighted by atomic mass is 32.0. The summed E-state index contributed by atoms with van der Waals surface area (Å²) >= 11 is 0. The van der Waals surface area contributed by atoms with Crippen LogP contribution in [0.1, 0.15) is 26.2 Å². The van der Waals surface area contributed by atoms with Crippen LogP contribution in [0.25, 0.3) is 0 Å². The number of unbranched alkanes of at least 4 members (excludes halogenated alkanes) is 2. The Kier molecular flexibility index (Phi) is 8.70. The minimum atomic E-state index is 1.20. The summed E-state index contributed by atoms with van der Waals surface area (Å²) < 4.78 is 0. The summed E-state index contributed by atoms with van der Waals surface area (Å²) in [6.45, 7) is 4.56. The van der Waals surface area contributed by atoms with Crippen LogP contribution in [0.15, 0.2) is 0 Å². The molecule has 2 atom stereocenters. The first-order chi connectivity index (χ1) is 3.91. The van der Waals surface area contributed by atoms with Crippen LogP contribution >= 0.6 is 16.5 Å². The zero-order valence-corrected chi connectivity index (χ0v) is 7.83. The molecule has 0 aromatic rings. The van der Waals surface area contributed by atoms with E-state index in [1.54, 1.807) is 0 Å². The van der Waals surface area contributed by atoms with Crippen molar-refractivity contribution in [2.24, 2.45) is 0 Å². The van der Waals surface area contributed by atoms with E-state index in [4.69, 9.17) is 0 Å². The Labute approximate surface area is 56.3 Å². The van der Waals surface area contributed by atoms with E-state index in [9.17, 15) is 0 Å². The van der Waals surface area contributed by atoms with Gasteiger partial charge in [0.15, 0.2) is 0 Å². The topological polar surface area (TPSA) is 0 Å². The molecule has 0 radical (unpaired) electrons. The standard InChI is InChI=1S/C6H16P2/c1-3-4-5-6-8-7-2/h7-8H,3-6H2,1-2H3. The summed E-state index contributed by atoms with van der Waals surface area (Å²) in [5.74, 6) is 0. The van der Waals surface area contributed by atoms with Crippen LogP contribution in [0, 0.1) is 0 Å². The molecule has 2 unspecified atom stereocenters. The molecule has 0 aromatic carbocycles. The third-order valence-electron chi connectivity index (χ3n) is 1.08. The predicted octanol–water partition coefficient (Wildman–Crippen LogP) is 3.08. The van der Waals surface area contributed by atoms with E-state index in [1.807, 2.05) is 0 Å². The molecule has 0 heterocycles. The largest absolute Gasteiger partial charge is 0.102 e. The summed E-state index contributed by atoms with van der Waals surface area (Å²) in [6, 6.07) is 0. The molecule has 0 bridgehead atoms. The molecule has 0 rings (SSSR count). The maximum Gasteiger partial charge on any atom is -0.0317 e. The minimum Gasteiger partial charge on any atom is -0.102 e. The maximum absolute atomic E-state index is 2.30. The molecule has 8 heavy (non-hydrogen) atoms. The molecule has 0 nitrogen and oxygen atoms in total. The SMILES string of the molecule is CCCCCPPC. The first kappa shape index (κ1) is 8.86. The van der Waals surface area contributed by atoms with Gasteiger partial charge >= 0.3 is 0 Å². The fraction of sp³-hybridized carbons (Fsp3) is 1.00. The first-order valence-electron chi connectivity index (χ1n) is 3.31. The van der Waals surface area contributed by atoms with Gasteiger partial charge in [0.05, 0.1) is 0 Å². The van der Waals surface area contributed by atoms with Gasteiger partial charge in [-0.3, -0.25) is 0 Å². The van der Waals surface area contributed by atoms with Crippen LogP contribution < -0.4 is 0 Å². The van der Waals surface area contributed by atoms with Crippen molar-refractivity contribution in [3.05, 3.63) is 0 Å². The van der Waals surface area contributed by atoms with Crippen LogP contribution in [-0.4, -0.2) is 12.8 Å². The summed E-state index contributed by atoms with van der Waals surface area (Å²) in [6.07, 6.45) is 5.77. The van der Waals surface area contributed by atoms with Crippen molar-refractivity contribution in [2.75, 3.05) is 12.8 Å². The molecule has 0 aliphatic carbocycles. The van der Waals surface area contributed by atoms with Gasteiger partial charge in [-0.2, -0.15) is 0 Å². The Bertz CT molecular complexity index is 31.5. The normalized spacial score (nSPS) is 12.8. The van der Waals surface area contributed by atoms with Crippen LogP contribution in [0.3, 0.4) is 0 Å². The maximum atomic E-state index is 2.30. The van der Waals surface area contributed by atoms with Crippen LogP contribution in [0.5, 0.6) is 0 Å². The minimum absolute atomic E-state index is 1.20. The van der Waals surface area contributed by atoms with E-state index in [2.05, 4.69) is 13.6 Å². The van der Waals surface area contributed by atoms with E-state index in [0.717, 1.165) is 0 Å². The number of hydrogen-bond donors (Lipinski definition) is 0. The lowest BCUT2D eigenvalue weighted by molar-refractivity contribution is 0.778. The smallest absolute Gasteiger partial charge is 0.0317 e. The highest BCUT2D eigenvalue weighted by molar-refractivity contribution is 8.11. The van der Waals surface area contributed by atoms with E-state index in [1.165, 1.54) is 42.0 Å². The summed E-state index contributed by atoms with van der Waals surface area (Å²) in [4.78, 5) is 0. The molecule has 50 valence electrons. The van der Waals surface area contributed by atoms with Gasteiger partial charge in [-0.15, -0.1) is 8.27 Å². The number of hydrogen-bond acceptors (Lipinski definition) is 0. The highest BCUT2D eigenvalue weighted by Gasteiger charge is 1.82. The van der Waals surface area contributed by atoms with Gasteiger partial charge in [-0.05, 0) is 19.2 Å². The van der Waals surface area contributed by atoms with Crippen molar-refractivity contribution in [1.29, 1.82) is 0 Å². The van der Waals surface area contributed by atoms with Crippen LogP contribution in [0.4, 0.5) is 0 Å². The molecular formula is C6H16P2. The van der Waals surface area contributed by atoms with Crippen molar-refractivity contribution >= 4 is 16.5 Å². The monoisotopic (exact) mass is 150 g/mol. The van der Waals surface area contributed by atoms with Crippen LogP contribution in [-0.2, 0) is 0 Å². The summed E-state index contributed by atoms with van der Waals surface area (Å²) in [7, 11) is 2.45. The molecule has 0 aliphatic heterocycles. The van der Waals surface area contributed by atoms with Gasteiger partial charge in [-0.1, -0.05) is 28.0 Å².